The van der Waals surface area contributed by atoms with Crippen LogP contribution < -0.4 is 14.2 Å². The second-order valence-corrected chi connectivity index (χ2v) is 9.30. The molecule has 0 atom stereocenters. The van der Waals surface area contributed by atoms with Crippen LogP contribution in [0.15, 0.2) is 53.9 Å². The van der Waals surface area contributed by atoms with Gasteiger partial charge in [0, 0.05) is 51.2 Å². The summed E-state index contributed by atoms with van der Waals surface area (Å²) in [5, 5.41) is 0.786. The molecule has 0 bridgehead atoms. The van der Waals surface area contributed by atoms with Crippen molar-refractivity contribution in [2.75, 3.05) is 53.3 Å². The van der Waals surface area contributed by atoms with Crippen molar-refractivity contribution >= 4 is 17.7 Å². The Labute approximate surface area is 210 Å². The number of thioether (sulfide) groups is 1. The second kappa shape index (κ2) is 11.5. The van der Waals surface area contributed by atoms with Crippen LogP contribution in [0.25, 0.3) is 5.69 Å². The molecule has 1 saturated heterocycles. The highest BCUT2D eigenvalue weighted by atomic mass is 32.2. The molecule has 1 amide bonds. The maximum Gasteiger partial charge on any atom is 0.233 e. The molecule has 0 spiro atoms. The third kappa shape index (κ3) is 5.91. The van der Waals surface area contributed by atoms with Crippen LogP contribution >= 0.6 is 11.8 Å². The van der Waals surface area contributed by atoms with Crippen molar-refractivity contribution in [2.24, 2.45) is 0 Å². The van der Waals surface area contributed by atoms with Crippen molar-refractivity contribution in [1.29, 1.82) is 0 Å². The number of hydrogen-bond acceptors (Lipinski definition) is 7. The van der Waals surface area contributed by atoms with Crippen LogP contribution in [-0.4, -0.2) is 78.5 Å². The van der Waals surface area contributed by atoms with Crippen molar-refractivity contribution in [1.82, 2.24) is 19.4 Å². The molecule has 9 heteroatoms. The Bertz CT molecular complexity index is 1160. The number of aromatic nitrogens is 2. The Kier molecular flexibility index (Phi) is 8.20. The Balaban J connectivity index is 1.30. The van der Waals surface area contributed by atoms with E-state index in [1.807, 2.05) is 52.1 Å². The first-order valence-electron chi connectivity index (χ1n) is 11.5. The number of carbonyl (C=O) groups is 1. The van der Waals surface area contributed by atoms with Crippen LogP contribution in [0.2, 0.25) is 0 Å². The number of aryl methyl sites for hydroxylation is 1. The van der Waals surface area contributed by atoms with E-state index < -0.39 is 0 Å². The second-order valence-electron chi connectivity index (χ2n) is 8.36. The topological polar surface area (TPSA) is 69.1 Å². The molecule has 1 aliphatic heterocycles. The van der Waals surface area contributed by atoms with Gasteiger partial charge in [0.2, 0.25) is 5.91 Å². The fourth-order valence-corrected chi connectivity index (χ4v) is 5.04. The lowest BCUT2D eigenvalue weighted by Gasteiger charge is -2.35. The molecule has 4 rings (SSSR count). The van der Waals surface area contributed by atoms with Crippen LogP contribution in [0.4, 0.5) is 0 Å². The number of hydrogen-bond donors (Lipinski definition) is 0. The zero-order valence-corrected chi connectivity index (χ0v) is 21.5. The van der Waals surface area contributed by atoms with E-state index in [2.05, 4.69) is 16.8 Å². The summed E-state index contributed by atoms with van der Waals surface area (Å²) in [6, 6.07) is 11.9. The van der Waals surface area contributed by atoms with Gasteiger partial charge in [0.05, 0.1) is 32.8 Å². The van der Waals surface area contributed by atoms with Crippen molar-refractivity contribution < 1.29 is 19.0 Å². The Morgan fingerprint density at radius 1 is 1.00 bits per heavy atom. The van der Waals surface area contributed by atoms with Crippen molar-refractivity contribution in [3.63, 3.8) is 0 Å². The summed E-state index contributed by atoms with van der Waals surface area (Å²) in [6.07, 6.45) is 3.65. The van der Waals surface area contributed by atoms with Gasteiger partial charge in [-0.2, -0.15) is 0 Å². The van der Waals surface area contributed by atoms with Gasteiger partial charge >= 0.3 is 0 Å². The van der Waals surface area contributed by atoms with E-state index in [0.29, 0.717) is 5.75 Å². The molecule has 2 aromatic carbocycles. The minimum atomic E-state index is 0.136. The smallest absolute Gasteiger partial charge is 0.233 e. The summed E-state index contributed by atoms with van der Waals surface area (Å²) in [4.78, 5) is 21.7. The monoisotopic (exact) mass is 496 g/mol. The van der Waals surface area contributed by atoms with E-state index in [9.17, 15) is 4.79 Å². The molecule has 0 unspecified atom stereocenters. The summed E-state index contributed by atoms with van der Waals surface area (Å²) in [5.41, 5.74) is 3.34. The molecule has 0 radical (unpaired) electrons. The van der Waals surface area contributed by atoms with Crippen molar-refractivity contribution in [3.8, 4) is 22.9 Å². The number of ether oxygens (including phenoxy) is 3. The van der Waals surface area contributed by atoms with Crippen LogP contribution in [0, 0.1) is 6.92 Å². The first-order valence-corrected chi connectivity index (χ1v) is 12.5. The molecule has 1 aromatic heterocycles. The van der Waals surface area contributed by atoms with E-state index in [-0.39, 0.29) is 5.91 Å². The summed E-state index contributed by atoms with van der Waals surface area (Å²) < 4.78 is 18.2. The van der Waals surface area contributed by atoms with Gasteiger partial charge < -0.3 is 19.1 Å². The third-order valence-corrected chi connectivity index (χ3v) is 7.18. The largest absolute Gasteiger partial charge is 0.497 e. The van der Waals surface area contributed by atoms with E-state index >= 15 is 0 Å². The SMILES string of the molecule is COc1cccc(-n2ccnc2SCC(=O)N2CCN(Cc3cc(OC)c(OC)cc3C)CC2)c1. The minimum absolute atomic E-state index is 0.136. The highest BCUT2D eigenvalue weighted by Crippen LogP contribution is 2.31. The molecule has 8 nitrogen and oxygen atoms in total. The Morgan fingerprint density at radius 2 is 1.74 bits per heavy atom. The fraction of sp³-hybridized carbons (Fsp3) is 0.385. The average molecular weight is 497 g/mol. The molecular formula is C26H32N4O4S. The minimum Gasteiger partial charge on any atom is -0.497 e. The normalized spacial score (nSPS) is 14.1. The van der Waals surface area contributed by atoms with Crippen LogP contribution in [-0.2, 0) is 11.3 Å². The standard InChI is InChI=1S/C26H32N4O4S/c1-19-14-23(33-3)24(34-4)15-20(19)17-28-10-12-29(13-11-28)25(31)18-35-26-27-8-9-30(26)21-6-5-7-22(16-21)32-2/h5-9,14-16H,10-13,17-18H2,1-4H3. The molecule has 0 aliphatic carbocycles. The van der Waals surface area contributed by atoms with Gasteiger partial charge in [-0.15, -0.1) is 0 Å². The number of imidazole rings is 1. The molecule has 1 aliphatic rings. The lowest BCUT2D eigenvalue weighted by Crippen LogP contribution is -2.48. The quantitative estimate of drug-likeness (QED) is 0.419. The highest BCUT2D eigenvalue weighted by molar-refractivity contribution is 7.99. The lowest BCUT2D eigenvalue weighted by molar-refractivity contribution is -0.130. The molecule has 1 fully saturated rings. The van der Waals surface area contributed by atoms with Crippen molar-refractivity contribution in [2.45, 2.75) is 18.6 Å². The van der Waals surface area contributed by atoms with E-state index in [4.69, 9.17) is 14.2 Å². The van der Waals surface area contributed by atoms with Crippen molar-refractivity contribution in [3.05, 3.63) is 59.9 Å². The van der Waals surface area contributed by atoms with Gasteiger partial charge in [0.1, 0.15) is 5.75 Å². The van der Waals surface area contributed by atoms with E-state index in [1.165, 1.54) is 22.9 Å². The summed E-state index contributed by atoms with van der Waals surface area (Å²) >= 11 is 1.46. The number of piperazine rings is 1. The molecule has 3 aromatic rings. The van der Waals surface area contributed by atoms with Gasteiger partial charge in [0.25, 0.3) is 0 Å². The molecule has 0 N–H and O–H groups in total. The maximum atomic E-state index is 12.9. The average Bonchev–Trinajstić information content (AvgIpc) is 3.37. The highest BCUT2D eigenvalue weighted by Gasteiger charge is 2.22. The third-order valence-electron chi connectivity index (χ3n) is 6.22. The van der Waals surface area contributed by atoms with Gasteiger partial charge in [-0.25, -0.2) is 4.98 Å². The fourth-order valence-electron chi connectivity index (χ4n) is 4.16. The van der Waals surface area contributed by atoms with E-state index in [0.717, 1.165) is 60.8 Å². The number of benzene rings is 2. The number of rotatable bonds is 9. The van der Waals surface area contributed by atoms with E-state index in [1.54, 1.807) is 27.5 Å². The van der Waals surface area contributed by atoms with Crippen LogP contribution in [0.1, 0.15) is 11.1 Å². The summed E-state index contributed by atoms with van der Waals surface area (Å²) in [5.74, 6) is 2.76. The molecule has 0 saturated carbocycles. The first kappa shape index (κ1) is 24.9. The molecule has 2 heterocycles. The zero-order chi connectivity index (χ0) is 24.8. The predicted octanol–water partition coefficient (Wildman–Crippen LogP) is 3.64. The van der Waals surface area contributed by atoms with Crippen LogP contribution in [0.5, 0.6) is 17.2 Å². The van der Waals surface area contributed by atoms with Crippen LogP contribution in [0.3, 0.4) is 0 Å². The Morgan fingerprint density at radius 3 is 2.46 bits per heavy atom. The van der Waals surface area contributed by atoms with Gasteiger partial charge in [-0.3, -0.25) is 14.3 Å². The van der Waals surface area contributed by atoms with Gasteiger partial charge in [0.15, 0.2) is 16.7 Å². The maximum absolute atomic E-state index is 12.9. The number of carbonyl (C=O) groups excluding carboxylic acids is 1. The molecule has 186 valence electrons. The summed E-state index contributed by atoms with van der Waals surface area (Å²) in [7, 11) is 4.95. The first-order chi connectivity index (χ1) is 17.0. The molecular weight excluding hydrogens is 464 g/mol. The number of amides is 1. The number of nitrogens with zero attached hydrogens (tertiary/aromatic N) is 4. The van der Waals surface area contributed by atoms with Gasteiger partial charge in [-0.05, 0) is 42.3 Å². The molecule has 35 heavy (non-hydrogen) atoms. The number of methoxy groups -OCH3 is 3. The Hall–Kier alpha value is -3.17. The zero-order valence-electron chi connectivity index (χ0n) is 20.7. The summed E-state index contributed by atoms with van der Waals surface area (Å²) in [6.45, 7) is 6.02. The predicted molar refractivity (Wildman–Crippen MR) is 137 cm³/mol. The van der Waals surface area contributed by atoms with Gasteiger partial charge in [-0.1, -0.05) is 17.8 Å². The lowest BCUT2D eigenvalue weighted by atomic mass is 10.1.